The molecule has 1 N–H and O–H groups in total. The zero-order valence-electron chi connectivity index (χ0n) is 11.9. The maximum Gasteiger partial charge on any atom is 0.181 e. The summed E-state index contributed by atoms with van der Waals surface area (Å²) in [4.78, 5) is 15.3. The van der Waals surface area contributed by atoms with E-state index in [2.05, 4.69) is 33.3 Å². The maximum absolute atomic E-state index is 13.0. The number of fused-ring (bicyclic) bond motifs is 1. The fourth-order valence-electron chi connectivity index (χ4n) is 2.04. The Morgan fingerprint density at radius 2 is 2.14 bits per heavy atom. The van der Waals surface area contributed by atoms with Crippen molar-refractivity contribution >= 4 is 27.4 Å². The van der Waals surface area contributed by atoms with Crippen molar-refractivity contribution in [3.8, 4) is 11.5 Å². The van der Waals surface area contributed by atoms with Gasteiger partial charge < -0.3 is 5.32 Å². The van der Waals surface area contributed by atoms with Gasteiger partial charge in [-0.05, 0) is 31.5 Å². The van der Waals surface area contributed by atoms with Gasteiger partial charge in [0, 0.05) is 11.4 Å². The molecule has 0 unspecified atom stereocenters. The van der Waals surface area contributed by atoms with E-state index in [1.165, 1.54) is 17.1 Å². The van der Waals surface area contributed by atoms with Crippen LogP contribution in [0.1, 0.15) is 18.2 Å². The predicted octanol–water partition coefficient (Wildman–Crippen LogP) is 4.02. The first-order chi connectivity index (χ1) is 10.2. The van der Waals surface area contributed by atoms with Crippen molar-refractivity contribution in [2.45, 2.75) is 20.3 Å². The number of hydrogen-bond acceptors (Lipinski definition) is 5. The highest BCUT2D eigenvalue weighted by molar-refractivity contribution is 7.18. The van der Waals surface area contributed by atoms with Crippen molar-refractivity contribution in [2.24, 2.45) is 0 Å². The second-order valence-corrected chi connectivity index (χ2v) is 5.99. The van der Waals surface area contributed by atoms with Crippen LogP contribution < -0.4 is 5.32 Å². The van der Waals surface area contributed by atoms with Crippen molar-refractivity contribution in [1.29, 1.82) is 0 Å². The third-order valence-corrected chi connectivity index (χ3v) is 3.96. The van der Waals surface area contributed by atoms with E-state index in [4.69, 9.17) is 0 Å². The number of nitrogens with one attached hydrogen (secondary N) is 1. The molecular formula is C15H15FN4S. The highest BCUT2D eigenvalue weighted by Crippen LogP contribution is 2.30. The van der Waals surface area contributed by atoms with Gasteiger partial charge >= 0.3 is 0 Å². The molecule has 0 aliphatic heterocycles. The molecule has 0 radical (unpaired) electrons. The lowest BCUT2D eigenvalue weighted by molar-refractivity contribution is 0.621. The number of rotatable bonds is 4. The number of pyridine rings is 1. The number of hydrogen-bond donors (Lipinski definition) is 1. The quantitative estimate of drug-likeness (QED) is 0.790. The van der Waals surface area contributed by atoms with Crippen LogP contribution in [-0.4, -0.2) is 21.5 Å². The second kappa shape index (κ2) is 5.73. The van der Waals surface area contributed by atoms with Crippen LogP contribution in [0.3, 0.4) is 0 Å². The molecule has 0 amide bonds. The van der Waals surface area contributed by atoms with Crippen molar-refractivity contribution in [3.63, 3.8) is 0 Å². The van der Waals surface area contributed by atoms with Gasteiger partial charge in [0.1, 0.15) is 22.2 Å². The summed E-state index contributed by atoms with van der Waals surface area (Å²) in [6, 6.07) is 5.05. The zero-order valence-corrected chi connectivity index (χ0v) is 12.7. The normalized spacial score (nSPS) is 11.0. The molecule has 0 aliphatic rings. The van der Waals surface area contributed by atoms with Gasteiger partial charge in [0.25, 0.3) is 0 Å². The summed E-state index contributed by atoms with van der Waals surface area (Å²) in [5.41, 5.74) is 0.573. The Labute approximate surface area is 126 Å². The van der Waals surface area contributed by atoms with Crippen LogP contribution in [-0.2, 0) is 0 Å². The summed E-state index contributed by atoms with van der Waals surface area (Å²) in [6.07, 6.45) is 2.19. The molecule has 21 heavy (non-hydrogen) atoms. The Kier molecular flexibility index (Phi) is 3.79. The fraction of sp³-hybridized carbons (Fsp3) is 0.267. The average Bonchev–Trinajstić information content (AvgIpc) is 2.85. The third-order valence-electron chi connectivity index (χ3n) is 3.01. The maximum atomic E-state index is 13.0. The summed E-state index contributed by atoms with van der Waals surface area (Å²) < 4.78 is 13.0. The molecule has 6 heteroatoms. The summed E-state index contributed by atoms with van der Waals surface area (Å²) in [5.74, 6) is 0.964. The molecule has 0 fully saturated rings. The summed E-state index contributed by atoms with van der Waals surface area (Å²) in [5, 5.41) is 4.35. The average molecular weight is 302 g/mol. The Hall–Kier alpha value is -2.08. The monoisotopic (exact) mass is 302 g/mol. The molecule has 4 nitrogen and oxygen atoms in total. The summed E-state index contributed by atoms with van der Waals surface area (Å²) >= 11 is 1.62. The van der Waals surface area contributed by atoms with Crippen LogP contribution in [0, 0.1) is 12.7 Å². The molecule has 0 atom stereocenters. The van der Waals surface area contributed by atoms with Gasteiger partial charge in [0.2, 0.25) is 0 Å². The highest BCUT2D eigenvalue weighted by atomic mass is 32.1. The van der Waals surface area contributed by atoms with Gasteiger partial charge in [-0.3, -0.25) is 0 Å². The van der Waals surface area contributed by atoms with Crippen LogP contribution in [0.15, 0.2) is 24.4 Å². The first kappa shape index (κ1) is 13.9. The molecule has 0 bridgehead atoms. The van der Waals surface area contributed by atoms with Gasteiger partial charge in [-0.1, -0.05) is 6.92 Å². The molecule has 108 valence electrons. The van der Waals surface area contributed by atoms with Crippen LogP contribution in [0.2, 0.25) is 0 Å². The number of aromatic nitrogens is 3. The van der Waals surface area contributed by atoms with Gasteiger partial charge in [-0.2, -0.15) is 0 Å². The van der Waals surface area contributed by atoms with E-state index in [0.29, 0.717) is 11.5 Å². The molecule has 0 saturated heterocycles. The Balaban J connectivity index is 2.12. The molecule has 0 saturated carbocycles. The van der Waals surface area contributed by atoms with Crippen LogP contribution in [0.25, 0.3) is 21.7 Å². The molecule has 3 heterocycles. The molecule has 0 aliphatic carbocycles. The zero-order chi connectivity index (χ0) is 14.8. The number of halogens is 1. The number of thiophene rings is 1. The molecular weight excluding hydrogens is 287 g/mol. The number of nitrogens with zero attached hydrogens (tertiary/aromatic N) is 3. The molecule has 0 spiro atoms. The molecule has 3 rings (SSSR count). The number of aryl methyl sites for hydroxylation is 1. The van der Waals surface area contributed by atoms with Crippen LogP contribution in [0.5, 0.6) is 0 Å². The number of anilines is 1. The van der Waals surface area contributed by atoms with E-state index in [0.717, 1.165) is 29.0 Å². The van der Waals surface area contributed by atoms with Crippen LogP contribution >= 0.6 is 11.3 Å². The topological polar surface area (TPSA) is 50.7 Å². The Bertz CT molecular complexity index is 767. The van der Waals surface area contributed by atoms with E-state index in [1.807, 2.05) is 6.92 Å². The minimum atomic E-state index is -0.365. The van der Waals surface area contributed by atoms with Gasteiger partial charge in [0.05, 0.1) is 11.6 Å². The van der Waals surface area contributed by atoms with Gasteiger partial charge in [0.15, 0.2) is 5.82 Å². The van der Waals surface area contributed by atoms with Crippen molar-refractivity contribution in [1.82, 2.24) is 15.0 Å². The van der Waals surface area contributed by atoms with E-state index >= 15 is 0 Å². The van der Waals surface area contributed by atoms with Crippen molar-refractivity contribution in [2.75, 3.05) is 11.9 Å². The van der Waals surface area contributed by atoms with E-state index in [-0.39, 0.29) is 5.82 Å². The third kappa shape index (κ3) is 2.85. The molecule has 3 aromatic heterocycles. The fourth-order valence-corrected chi connectivity index (χ4v) is 2.92. The minimum absolute atomic E-state index is 0.365. The SMILES string of the molecule is CCCNc1nc(-c2ccc(F)cn2)nc2sc(C)cc12. The lowest BCUT2D eigenvalue weighted by atomic mass is 10.3. The predicted molar refractivity (Wildman–Crippen MR) is 84.1 cm³/mol. The highest BCUT2D eigenvalue weighted by Gasteiger charge is 2.12. The molecule has 3 aromatic rings. The van der Waals surface area contributed by atoms with Gasteiger partial charge in [-0.15, -0.1) is 11.3 Å². The molecule has 0 aromatic carbocycles. The second-order valence-electron chi connectivity index (χ2n) is 4.76. The minimum Gasteiger partial charge on any atom is -0.369 e. The first-order valence-electron chi connectivity index (χ1n) is 6.81. The van der Waals surface area contributed by atoms with Crippen molar-refractivity contribution in [3.05, 3.63) is 35.1 Å². The standard InChI is InChI=1S/C15H15FN4S/c1-3-6-17-13-11-7-9(2)21-15(11)20-14(19-13)12-5-4-10(16)8-18-12/h4-5,7-8H,3,6H2,1-2H3,(H,17,19,20). The van der Waals surface area contributed by atoms with E-state index in [1.54, 1.807) is 17.4 Å². The lowest BCUT2D eigenvalue weighted by Gasteiger charge is -2.07. The van der Waals surface area contributed by atoms with Crippen LogP contribution in [0.4, 0.5) is 10.2 Å². The Morgan fingerprint density at radius 1 is 1.29 bits per heavy atom. The van der Waals surface area contributed by atoms with Crippen molar-refractivity contribution < 1.29 is 4.39 Å². The summed E-state index contributed by atoms with van der Waals surface area (Å²) in [7, 11) is 0. The smallest absolute Gasteiger partial charge is 0.181 e. The van der Waals surface area contributed by atoms with E-state index < -0.39 is 0 Å². The van der Waals surface area contributed by atoms with Gasteiger partial charge in [-0.25, -0.2) is 19.3 Å². The van der Waals surface area contributed by atoms with E-state index in [9.17, 15) is 4.39 Å². The Morgan fingerprint density at radius 3 is 2.86 bits per heavy atom. The largest absolute Gasteiger partial charge is 0.369 e. The summed E-state index contributed by atoms with van der Waals surface area (Å²) in [6.45, 7) is 5.00. The lowest BCUT2D eigenvalue weighted by Crippen LogP contribution is -2.04. The first-order valence-corrected chi connectivity index (χ1v) is 7.63.